The van der Waals surface area contributed by atoms with E-state index >= 15 is 0 Å². The Bertz CT molecular complexity index is 634. The topological polar surface area (TPSA) is 103 Å². The van der Waals surface area contributed by atoms with Crippen LogP contribution in [0.2, 0.25) is 0 Å². The Morgan fingerprint density at radius 3 is 2.83 bits per heavy atom. The molecule has 0 unspecified atom stereocenters. The first-order valence-corrected chi connectivity index (χ1v) is 5.87. The minimum absolute atomic E-state index is 0.0735. The van der Waals surface area contributed by atoms with Crippen molar-refractivity contribution in [3.05, 3.63) is 55.1 Å². The predicted octanol–water partition coefficient (Wildman–Crippen LogP) is 1.15. The summed E-state index contributed by atoms with van der Waals surface area (Å²) in [6.07, 6.45) is 1.67. The summed E-state index contributed by atoms with van der Waals surface area (Å²) in [4.78, 5) is 21.5. The highest BCUT2D eigenvalue weighted by Gasteiger charge is 2.13. The molecule has 0 bridgehead atoms. The van der Waals surface area contributed by atoms with E-state index in [1.807, 2.05) is 0 Å². The molecular formula is C10H10N4O3S. The van der Waals surface area contributed by atoms with Gasteiger partial charge >= 0.3 is 4.87 Å². The van der Waals surface area contributed by atoms with Gasteiger partial charge in [0.25, 0.3) is 5.69 Å². The lowest BCUT2D eigenvalue weighted by Crippen LogP contribution is -2.14. The molecule has 18 heavy (non-hydrogen) atoms. The van der Waals surface area contributed by atoms with E-state index in [0.717, 1.165) is 16.9 Å². The van der Waals surface area contributed by atoms with Crippen molar-refractivity contribution in [3.63, 3.8) is 0 Å². The third-order valence-corrected chi connectivity index (χ3v) is 3.10. The number of hydrazine groups is 1. The van der Waals surface area contributed by atoms with Crippen LogP contribution in [-0.4, -0.2) is 9.49 Å². The smallest absolute Gasteiger partial charge is 0.307 e. The van der Waals surface area contributed by atoms with Gasteiger partial charge in [0.2, 0.25) is 0 Å². The van der Waals surface area contributed by atoms with Gasteiger partial charge in [-0.05, 0) is 11.6 Å². The molecule has 2 aromatic rings. The van der Waals surface area contributed by atoms with E-state index < -0.39 is 4.92 Å². The number of nitrogens with one attached hydrogen (secondary N) is 1. The second kappa shape index (κ2) is 4.98. The molecule has 0 aliphatic carbocycles. The Kier molecular flexibility index (Phi) is 3.40. The Balaban J connectivity index is 2.33. The van der Waals surface area contributed by atoms with Crippen LogP contribution >= 0.6 is 11.3 Å². The van der Waals surface area contributed by atoms with Crippen molar-refractivity contribution < 1.29 is 4.92 Å². The highest BCUT2D eigenvalue weighted by atomic mass is 32.1. The van der Waals surface area contributed by atoms with Gasteiger partial charge in [0, 0.05) is 17.6 Å². The van der Waals surface area contributed by atoms with E-state index in [1.165, 1.54) is 10.6 Å². The largest absolute Gasteiger partial charge is 0.318 e. The highest BCUT2D eigenvalue weighted by Crippen LogP contribution is 2.24. The molecule has 0 aliphatic heterocycles. The van der Waals surface area contributed by atoms with Gasteiger partial charge in [-0.1, -0.05) is 17.4 Å². The fourth-order valence-corrected chi connectivity index (χ4v) is 2.15. The van der Waals surface area contributed by atoms with Crippen LogP contribution < -0.4 is 16.1 Å². The SMILES string of the molecule is NNc1cc(Cn2ccsc2=O)ccc1[N+](=O)[O-]. The standard InChI is InChI=1S/C10H10N4O3S/c11-12-8-5-7(1-2-9(8)14(16)17)6-13-3-4-18-10(13)15/h1-5,12H,6,11H2. The van der Waals surface area contributed by atoms with E-state index in [4.69, 9.17) is 5.84 Å². The maximum atomic E-state index is 11.4. The second-order valence-electron chi connectivity index (χ2n) is 3.55. The van der Waals surface area contributed by atoms with Gasteiger partial charge in [-0.3, -0.25) is 20.8 Å². The van der Waals surface area contributed by atoms with Crippen LogP contribution in [0.25, 0.3) is 0 Å². The number of nitrogens with zero attached hydrogens (tertiary/aromatic N) is 2. The van der Waals surface area contributed by atoms with Crippen molar-refractivity contribution in [3.8, 4) is 0 Å². The minimum atomic E-state index is -0.518. The summed E-state index contributed by atoms with van der Waals surface area (Å²) in [5.74, 6) is 5.24. The van der Waals surface area contributed by atoms with E-state index in [0.29, 0.717) is 6.54 Å². The molecule has 0 saturated heterocycles. The number of hydrogen-bond donors (Lipinski definition) is 2. The number of thiazole rings is 1. The number of nitro groups is 1. The average Bonchev–Trinajstić information content (AvgIpc) is 2.74. The zero-order valence-corrected chi connectivity index (χ0v) is 10.0. The Morgan fingerprint density at radius 2 is 2.28 bits per heavy atom. The van der Waals surface area contributed by atoms with Gasteiger partial charge in [-0.15, -0.1) is 0 Å². The quantitative estimate of drug-likeness (QED) is 0.491. The molecular weight excluding hydrogens is 256 g/mol. The zero-order valence-electron chi connectivity index (χ0n) is 9.20. The van der Waals surface area contributed by atoms with E-state index in [-0.39, 0.29) is 16.2 Å². The van der Waals surface area contributed by atoms with Crippen molar-refractivity contribution in [2.45, 2.75) is 6.54 Å². The van der Waals surface area contributed by atoms with Crippen LogP contribution in [0.15, 0.2) is 34.6 Å². The number of benzene rings is 1. The lowest BCUT2D eigenvalue weighted by Gasteiger charge is -2.06. The molecule has 7 nitrogen and oxygen atoms in total. The van der Waals surface area contributed by atoms with Crippen LogP contribution in [0.1, 0.15) is 5.56 Å². The normalized spacial score (nSPS) is 10.3. The van der Waals surface area contributed by atoms with E-state index in [9.17, 15) is 14.9 Å². The third-order valence-electron chi connectivity index (χ3n) is 2.41. The molecule has 1 heterocycles. The number of anilines is 1. The molecule has 0 spiro atoms. The molecule has 3 N–H and O–H groups in total. The third kappa shape index (κ3) is 2.39. The molecule has 94 valence electrons. The highest BCUT2D eigenvalue weighted by molar-refractivity contribution is 7.07. The summed E-state index contributed by atoms with van der Waals surface area (Å²) in [6, 6.07) is 4.52. The molecule has 0 saturated carbocycles. The summed E-state index contributed by atoms with van der Waals surface area (Å²) >= 11 is 1.10. The number of aromatic nitrogens is 1. The molecule has 0 atom stereocenters. The first-order chi connectivity index (χ1) is 8.61. The van der Waals surface area contributed by atoms with Crippen LogP contribution in [0.4, 0.5) is 11.4 Å². The van der Waals surface area contributed by atoms with Gasteiger partial charge in [0.05, 0.1) is 11.5 Å². The summed E-state index contributed by atoms with van der Waals surface area (Å²) in [5, 5.41) is 12.4. The van der Waals surface area contributed by atoms with Crippen molar-refractivity contribution in [2.24, 2.45) is 5.84 Å². The summed E-state index contributed by atoms with van der Waals surface area (Å²) < 4.78 is 1.52. The first kappa shape index (κ1) is 12.3. The van der Waals surface area contributed by atoms with Crippen molar-refractivity contribution in [1.82, 2.24) is 4.57 Å². The lowest BCUT2D eigenvalue weighted by atomic mass is 10.1. The molecule has 0 fully saturated rings. The Labute approximate surface area is 106 Å². The second-order valence-corrected chi connectivity index (χ2v) is 4.41. The number of rotatable bonds is 4. The van der Waals surface area contributed by atoms with Crippen LogP contribution in [0.3, 0.4) is 0 Å². The Hall–Kier alpha value is -2.19. The Morgan fingerprint density at radius 1 is 1.50 bits per heavy atom. The molecule has 0 aliphatic rings. The van der Waals surface area contributed by atoms with Crippen molar-refractivity contribution in [1.29, 1.82) is 0 Å². The maximum absolute atomic E-state index is 11.4. The molecule has 1 aromatic carbocycles. The summed E-state index contributed by atoms with van der Waals surface area (Å²) in [5.41, 5.74) is 3.17. The van der Waals surface area contributed by atoms with Crippen molar-refractivity contribution in [2.75, 3.05) is 5.43 Å². The zero-order chi connectivity index (χ0) is 13.1. The molecule has 0 radical (unpaired) electrons. The van der Waals surface area contributed by atoms with E-state index in [2.05, 4.69) is 5.43 Å². The minimum Gasteiger partial charge on any atom is -0.318 e. The van der Waals surface area contributed by atoms with Crippen LogP contribution in [0.5, 0.6) is 0 Å². The molecule has 1 aromatic heterocycles. The predicted molar refractivity (Wildman–Crippen MR) is 68.6 cm³/mol. The summed E-state index contributed by atoms with van der Waals surface area (Å²) in [7, 11) is 0. The first-order valence-electron chi connectivity index (χ1n) is 4.99. The number of nitro benzene ring substituents is 1. The molecule has 0 amide bonds. The van der Waals surface area contributed by atoms with Gasteiger partial charge < -0.3 is 9.99 Å². The van der Waals surface area contributed by atoms with Gasteiger partial charge in [-0.25, -0.2) is 0 Å². The fourth-order valence-electron chi connectivity index (χ4n) is 1.56. The summed E-state index contributed by atoms with van der Waals surface area (Å²) in [6.45, 7) is 0.356. The van der Waals surface area contributed by atoms with Crippen LogP contribution in [0, 0.1) is 10.1 Å². The number of hydrogen-bond acceptors (Lipinski definition) is 6. The van der Waals surface area contributed by atoms with Gasteiger partial charge in [0.15, 0.2) is 0 Å². The number of nitrogen functional groups attached to an aromatic ring is 1. The average molecular weight is 266 g/mol. The van der Waals surface area contributed by atoms with Gasteiger partial charge in [-0.2, -0.15) is 0 Å². The molecule has 2 rings (SSSR count). The lowest BCUT2D eigenvalue weighted by molar-refractivity contribution is -0.384. The van der Waals surface area contributed by atoms with Crippen LogP contribution in [-0.2, 0) is 6.54 Å². The van der Waals surface area contributed by atoms with E-state index in [1.54, 1.807) is 23.7 Å². The molecule has 8 heteroatoms. The fraction of sp³-hybridized carbons (Fsp3) is 0.100. The van der Waals surface area contributed by atoms with Crippen molar-refractivity contribution >= 4 is 22.7 Å². The monoisotopic (exact) mass is 266 g/mol. The van der Waals surface area contributed by atoms with Gasteiger partial charge in [0.1, 0.15) is 5.69 Å². The maximum Gasteiger partial charge on any atom is 0.307 e. The number of nitrogens with two attached hydrogens (primary N) is 1.